The van der Waals surface area contributed by atoms with Crippen molar-refractivity contribution in [3.8, 4) is 16.9 Å². The third-order valence-electron chi connectivity index (χ3n) is 3.42. The Labute approximate surface area is 130 Å². The average molecular weight is 327 g/mol. The van der Waals surface area contributed by atoms with Crippen molar-refractivity contribution in [3.63, 3.8) is 0 Å². The van der Waals surface area contributed by atoms with Gasteiger partial charge >= 0.3 is 6.18 Å². The third kappa shape index (κ3) is 2.83. The van der Waals surface area contributed by atoms with Gasteiger partial charge in [-0.3, -0.25) is 0 Å². The quantitative estimate of drug-likeness (QED) is 0.755. The van der Waals surface area contributed by atoms with Gasteiger partial charge in [-0.1, -0.05) is 18.2 Å². The summed E-state index contributed by atoms with van der Waals surface area (Å²) in [7, 11) is 1.68. The molecule has 1 aromatic carbocycles. The minimum absolute atomic E-state index is 0.0108. The molecule has 0 unspecified atom stereocenters. The molecule has 118 valence electrons. The van der Waals surface area contributed by atoms with Gasteiger partial charge in [0.25, 0.3) is 0 Å². The minimum atomic E-state index is -4.42. The zero-order chi connectivity index (χ0) is 16.5. The highest BCUT2D eigenvalue weighted by molar-refractivity contribution is 7.17. The molecule has 0 aliphatic heterocycles. The molecule has 1 aromatic heterocycles. The van der Waals surface area contributed by atoms with E-state index in [1.807, 2.05) is 0 Å². The van der Waals surface area contributed by atoms with Gasteiger partial charge in [-0.15, -0.1) is 17.9 Å². The number of benzene rings is 1. The Morgan fingerprint density at radius 1 is 1.36 bits per heavy atom. The summed E-state index contributed by atoms with van der Waals surface area (Å²) in [4.78, 5) is 0.672. The van der Waals surface area contributed by atoms with Crippen LogP contribution in [0.4, 0.5) is 18.2 Å². The fourth-order valence-corrected chi connectivity index (χ4v) is 3.44. The molecule has 0 spiro atoms. The predicted molar refractivity (Wildman–Crippen MR) is 84.6 cm³/mol. The van der Waals surface area contributed by atoms with Crippen molar-refractivity contribution in [2.24, 2.45) is 0 Å². The molecule has 0 radical (unpaired) electrons. The lowest BCUT2D eigenvalue weighted by Crippen LogP contribution is -2.08. The molecular formula is C16H16F3NOS. The summed E-state index contributed by atoms with van der Waals surface area (Å²) in [6, 6.07) is 3.99. The minimum Gasteiger partial charge on any atom is -0.506 e. The van der Waals surface area contributed by atoms with Gasteiger partial charge in [-0.25, -0.2) is 0 Å². The van der Waals surface area contributed by atoms with Crippen LogP contribution in [0.5, 0.6) is 5.75 Å². The molecule has 0 atom stereocenters. The number of halogens is 3. The van der Waals surface area contributed by atoms with Crippen molar-refractivity contribution in [2.45, 2.75) is 19.5 Å². The fourth-order valence-electron chi connectivity index (χ4n) is 2.38. The lowest BCUT2D eigenvalue weighted by molar-refractivity contribution is -0.138. The van der Waals surface area contributed by atoms with E-state index in [2.05, 4.69) is 11.9 Å². The Bertz CT molecular complexity index is 704. The second kappa shape index (κ2) is 6.04. The lowest BCUT2D eigenvalue weighted by Gasteiger charge is -2.14. The number of anilines is 1. The van der Waals surface area contributed by atoms with Gasteiger partial charge in [-0.2, -0.15) is 13.2 Å². The zero-order valence-electron chi connectivity index (χ0n) is 12.2. The van der Waals surface area contributed by atoms with E-state index >= 15 is 0 Å². The summed E-state index contributed by atoms with van der Waals surface area (Å²) in [6.45, 7) is 5.04. The van der Waals surface area contributed by atoms with Gasteiger partial charge in [0, 0.05) is 13.5 Å². The lowest BCUT2D eigenvalue weighted by atomic mass is 9.96. The fraction of sp³-hybridized carbons (Fsp3) is 0.250. The highest BCUT2D eigenvalue weighted by Crippen LogP contribution is 2.48. The van der Waals surface area contributed by atoms with Gasteiger partial charge in [0.05, 0.1) is 16.0 Å². The highest BCUT2D eigenvalue weighted by atomic mass is 32.1. The van der Waals surface area contributed by atoms with E-state index in [9.17, 15) is 18.3 Å². The number of allylic oxidation sites excluding steroid dienone is 1. The van der Waals surface area contributed by atoms with Gasteiger partial charge in [0.15, 0.2) is 0 Å². The molecule has 1 heterocycles. The number of aromatic hydroxyl groups is 1. The molecule has 22 heavy (non-hydrogen) atoms. The van der Waals surface area contributed by atoms with E-state index in [4.69, 9.17) is 0 Å². The van der Waals surface area contributed by atoms with Crippen LogP contribution < -0.4 is 5.32 Å². The summed E-state index contributed by atoms with van der Waals surface area (Å²) >= 11 is 1.31. The average Bonchev–Trinajstić information content (AvgIpc) is 2.75. The molecule has 2 rings (SSSR count). The molecule has 0 bridgehead atoms. The van der Waals surface area contributed by atoms with Crippen molar-refractivity contribution >= 4 is 16.3 Å². The maximum absolute atomic E-state index is 13.1. The van der Waals surface area contributed by atoms with Crippen molar-refractivity contribution in [1.82, 2.24) is 0 Å². The van der Waals surface area contributed by atoms with E-state index in [1.54, 1.807) is 19.2 Å². The van der Waals surface area contributed by atoms with Crippen LogP contribution in [0, 0.1) is 6.92 Å². The molecule has 0 fully saturated rings. The first-order valence-electron chi connectivity index (χ1n) is 6.61. The smallest absolute Gasteiger partial charge is 0.416 e. The van der Waals surface area contributed by atoms with E-state index < -0.39 is 11.7 Å². The van der Waals surface area contributed by atoms with Crippen LogP contribution in [0.3, 0.4) is 0 Å². The largest absolute Gasteiger partial charge is 0.506 e. The number of thiophene rings is 1. The number of hydrogen-bond donors (Lipinski definition) is 2. The number of nitrogens with one attached hydrogen (secondary N) is 1. The first-order chi connectivity index (χ1) is 10.3. The van der Waals surface area contributed by atoms with E-state index in [1.165, 1.54) is 24.3 Å². The molecule has 0 amide bonds. The number of alkyl halides is 3. The van der Waals surface area contributed by atoms with Crippen molar-refractivity contribution in [1.29, 1.82) is 0 Å². The van der Waals surface area contributed by atoms with Crippen LogP contribution in [0.15, 0.2) is 30.9 Å². The van der Waals surface area contributed by atoms with Gasteiger partial charge in [-0.05, 0) is 24.1 Å². The Hall–Kier alpha value is -1.95. The monoisotopic (exact) mass is 327 g/mol. The van der Waals surface area contributed by atoms with E-state index in [-0.39, 0.29) is 11.3 Å². The normalized spacial score (nSPS) is 11.5. The first-order valence-corrected chi connectivity index (χ1v) is 7.43. The zero-order valence-corrected chi connectivity index (χ0v) is 13.0. The second-order valence-corrected chi connectivity index (χ2v) is 5.90. The van der Waals surface area contributed by atoms with Crippen LogP contribution in [0.1, 0.15) is 16.0 Å². The predicted octanol–water partition coefficient (Wildman–Crippen LogP) is 5.22. The Kier molecular flexibility index (Phi) is 4.51. The Balaban J connectivity index is 2.69. The SMILES string of the molecule is C=CCc1sc(NC)c(-c2cccc(C(F)(F)F)c2C)c1O. The highest BCUT2D eigenvalue weighted by Gasteiger charge is 2.33. The molecule has 0 saturated heterocycles. The third-order valence-corrected chi connectivity index (χ3v) is 4.64. The van der Waals surface area contributed by atoms with Crippen molar-refractivity contribution in [3.05, 3.63) is 46.9 Å². The van der Waals surface area contributed by atoms with Gasteiger partial charge in [0.1, 0.15) is 10.8 Å². The molecule has 6 heteroatoms. The summed E-state index contributed by atoms with van der Waals surface area (Å²) in [6.07, 6.45) is -2.31. The molecule has 2 N–H and O–H groups in total. The number of hydrogen-bond acceptors (Lipinski definition) is 3. The van der Waals surface area contributed by atoms with Crippen LogP contribution in [-0.4, -0.2) is 12.2 Å². The topological polar surface area (TPSA) is 32.3 Å². The number of rotatable bonds is 4. The van der Waals surface area contributed by atoms with E-state index in [0.717, 1.165) is 6.07 Å². The van der Waals surface area contributed by atoms with Gasteiger partial charge in [0.2, 0.25) is 0 Å². The molecule has 0 aliphatic carbocycles. The second-order valence-electron chi connectivity index (χ2n) is 4.80. The maximum atomic E-state index is 13.1. The van der Waals surface area contributed by atoms with Crippen molar-refractivity contribution in [2.75, 3.05) is 12.4 Å². The maximum Gasteiger partial charge on any atom is 0.416 e. The Morgan fingerprint density at radius 3 is 2.59 bits per heavy atom. The van der Waals surface area contributed by atoms with Crippen LogP contribution in [0.2, 0.25) is 0 Å². The Morgan fingerprint density at radius 2 is 2.05 bits per heavy atom. The van der Waals surface area contributed by atoms with Crippen LogP contribution in [-0.2, 0) is 12.6 Å². The molecule has 0 saturated carbocycles. The summed E-state index contributed by atoms with van der Waals surface area (Å²) in [5.41, 5.74) is 0.198. The summed E-state index contributed by atoms with van der Waals surface area (Å²) in [5.74, 6) is 0.0108. The van der Waals surface area contributed by atoms with Crippen LogP contribution >= 0.6 is 11.3 Å². The molecule has 2 nitrogen and oxygen atoms in total. The van der Waals surface area contributed by atoms with Crippen LogP contribution in [0.25, 0.3) is 11.1 Å². The standard InChI is InChI=1S/C16H16F3NOS/c1-4-6-12-14(21)13(15(20-3)22-12)10-7-5-8-11(9(10)2)16(17,18)19/h4-5,7-8,20-21H,1,6H2,2-3H3. The molecular weight excluding hydrogens is 311 g/mol. The van der Waals surface area contributed by atoms with E-state index in [0.29, 0.717) is 27.4 Å². The summed E-state index contributed by atoms with van der Waals surface area (Å²) in [5, 5.41) is 14.0. The molecule has 2 aromatic rings. The molecule has 0 aliphatic rings. The van der Waals surface area contributed by atoms with Gasteiger partial charge < -0.3 is 10.4 Å². The van der Waals surface area contributed by atoms with Crippen molar-refractivity contribution < 1.29 is 18.3 Å². The first kappa shape index (κ1) is 16.4. The summed E-state index contributed by atoms with van der Waals surface area (Å²) < 4.78 is 39.2.